The summed E-state index contributed by atoms with van der Waals surface area (Å²) in [5.41, 5.74) is 0. The van der Waals surface area contributed by atoms with Gasteiger partial charge in [0.2, 0.25) is 0 Å². The van der Waals surface area contributed by atoms with E-state index in [0.29, 0.717) is 57.4 Å². The molecule has 0 saturated carbocycles. The molecule has 0 aliphatic heterocycles. The molecule has 1 unspecified atom stereocenters. The maximum atomic E-state index is 10.2. The van der Waals surface area contributed by atoms with Crippen molar-refractivity contribution in [2.24, 2.45) is 9.98 Å². The van der Waals surface area contributed by atoms with Gasteiger partial charge in [-0.1, -0.05) is 53.1 Å². The van der Waals surface area contributed by atoms with E-state index in [9.17, 15) is 5.11 Å². The van der Waals surface area contributed by atoms with Crippen molar-refractivity contribution in [3.8, 4) is 0 Å². The Hall–Kier alpha value is -5.20. The molecule has 0 bridgehead atoms. The van der Waals surface area contributed by atoms with Gasteiger partial charge in [-0.15, -0.1) is 26.3 Å². The number of nitrogens with zero attached hydrogens (tertiary/aromatic N) is 6. The first-order chi connectivity index (χ1) is 24.0. The SMILES string of the molecule is C=CCC(=N/C=C\C=[NH2+])OCC(O)C[n+]1cccnc1CC=C.C=CCC(=[NH2+])N=C/C=C\OCCOCC[n+]1cccnc1CC=C.CC. The van der Waals surface area contributed by atoms with Crippen molar-refractivity contribution in [2.75, 3.05) is 26.4 Å². The summed E-state index contributed by atoms with van der Waals surface area (Å²) in [7, 11) is 0. The van der Waals surface area contributed by atoms with Crippen LogP contribution in [0, 0.1) is 0 Å². The lowest BCUT2D eigenvalue weighted by Crippen LogP contribution is -2.45. The van der Waals surface area contributed by atoms with E-state index in [0.717, 1.165) is 24.6 Å². The van der Waals surface area contributed by atoms with E-state index in [1.54, 1.807) is 55.3 Å². The Morgan fingerprint density at radius 1 is 0.918 bits per heavy atom. The number of rotatable bonds is 22. The van der Waals surface area contributed by atoms with Gasteiger partial charge in [0, 0.05) is 36.9 Å². The summed E-state index contributed by atoms with van der Waals surface area (Å²) in [5.74, 6) is 2.80. The van der Waals surface area contributed by atoms with Crippen molar-refractivity contribution in [2.45, 2.75) is 58.7 Å². The van der Waals surface area contributed by atoms with Crippen LogP contribution in [0.3, 0.4) is 0 Å². The summed E-state index contributed by atoms with van der Waals surface area (Å²) in [6.07, 6.45) is 25.4. The highest BCUT2D eigenvalue weighted by molar-refractivity contribution is 5.89. The van der Waals surface area contributed by atoms with Gasteiger partial charge in [0.25, 0.3) is 5.84 Å². The first-order valence-corrected chi connectivity index (χ1v) is 16.2. The van der Waals surface area contributed by atoms with Crippen LogP contribution in [0.1, 0.15) is 38.3 Å². The zero-order valence-electron chi connectivity index (χ0n) is 29.2. The van der Waals surface area contributed by atoms with E-state index < -0.39 is 6.10 Å². The maximum absolute atomic E-state index is 10.2. The van der Waals surface area contributed by atoms with E-state index in [4.69, 9.17) is 25.0 Å². The zero-order chi connectivity index (χ0) is 36.4. The number of ether oxygens (including phenoxy) is 3. The molecule has 0 fully saturated rings. The van der Waals surface area contributed by atoms with Crippen LogP contribution in [0.15, 0.2) is 122 Å². The maximum Gasteiger partial charge on any atom is 0.302 e. The Balaban J connectivity index is 0.000000896. The van der Waals surface area contributed by atoms with Crippen LogP contribution in [0.4, 0.5) is 0 Å². The fourth-order valence-electron chi connectivity index (χ4n) is 3.62. The predicted molar refractivity (Wildman–Crippen MR) is 196 cm³/mol. The highest BCUT2D eigenvalue weighted by Gasteiger charge is 2.15. The van der Waals surface area contributed by atoms with Crippen LogP contribution in [0.5, 0.6) is 0 Å². The third kappa shape index (κ3) is 22.9. The smallest absolute Gasteiger partial charge is 0.302 e. The summed E-state index contributed by atoms with van der Waals surface area (Å²) in [4.78, 5) is 16.7. The minimum absolute atomic E-state index is 0.127. The van der Waals surface area contributed by atoms with Crippen LogP contribution in [-0.2, 0) is 40.1 Å². The van der Waals surface area contributed by atoms with Gasteiger partial charge >= 0.3 is 11.6 Å². The number of aliphatic hydroxyl groups excluding tert-OH is 1. The predicted octanol–water partition coefficient (Wildman–Crippen LogP) is 1.27. The molecule has 12 nitrogen and oxygen atoms in total. The fraction of sp³-hybridized carbons (Fsp3) is 0.351. The molecular weight excluding hydrogens is 620 g/mol. The van der Waals surface area contributed by atoms with Crippen molar-refractivity contribution in [1.82, 2.24) is 9.97 Å². The first-order valence-electron chi connectivity index (χ1n) is 16.2. The topological polar surface area (TPSA) is 157 Å². The van der Waals surface area contributed by atoms with Crippen molar-refractivity contribution >= 4 is 24.2 Å². The standard InChI is InChI=1S/C18H25N4O2.C17H23N4O2.C2H6/c1-3-7-17(19)20-10-6-13-23-15-16-24-14-12-22-11-5-9-21-18(22)8-4-2;1-3-7-16-19-11-6-12-21(16)13-15(22)14-23-17(8-4-2)20-10-5-9-18;1-2/h3-6,9-11,13,19H,1-2,7-8,12,14-16H2;3-6,9-12,15,18,22H,1-2,7-8,13-14H2;1-2H3/q2*+1;/p+2/b13-6-,19-17?,20-10?;10-5-,18-9?,20-17?;. The molecule has 0 amide bonds. The molecule has 2 heterocycles. The van der Waals surface area contributed by atoms with E-state index in [1.807, 2.05) is 49.0 Å². The largest absolute Gasteiger partial charge is 0.499 e. The number of aromatic nitrogens is 4. The lowest BCUT2D eigenvalue weighted by atomic mass is 10.3. The highest BCUT2D eigenvalue weighted by Crippen LogP contribution is 1.97. The Bertz CT molecular complexity index is 1370. The molecule has 264 valence electrons. The van der Waals surface area contributed by atoms with Crippen molar-refractivity contribution in [3.63, 3.8) is 0 Å². The monoisotopic (exact) mass is 676 g/mol. The molecule has 2 aromatic rings. The van der Waals surface area contributed by atoms with E-state index in [-0.39, 0.29) is 6.61 Å². The molecule has 0 radical (unpaired) electrons. The summed E-state index contributed by atoms with van der Waals surface area (Å²) < 4.78 is 20.3. The van der Waals surface area contributed by atoms with Gasteiger partial charge in [-0.3, -0.25) is 10.8 Å². The molecule has 5 N–H and O–H groups in total. The van der Waals surface area contributed by atoms with E-state index >= 15 is 0 Å². The average Bonchev–Trinajstić information content (AvgIpc) is 3.11. The van der Waals surface area contributed by atoms with Gasteiger partial charge in [-0.05, 0) is 0 Å². The number of aliphatic imine (C=N–C) groups is 2. The Kier molecular flexibility index (Phi) is 28.1. The average molecular weight is 677 g/mol. The number of hydrogen-bond acceptors (Lipinski definition) is 7. The van der Waals surface area contributed by atoms with Gasteiger partial charge in [0.05, 0.1) is 51.1 Å². The molecule has 2 rings (SSSR count). The quantitative estimate of drug-likeness (QED) is 0.0426. The number of hydrogen-bond donors (Lipinski definition) is 3. The summed E-state index contributed by atoms with van der Waals surface area (Å²) in [6.45, 7) is 21.5. The lowest BCUT2D eigenvalue weighted by molar-refractivity contribution is -0.713. The van der Waals surface area contributed by atoms with Gasteiger partial charge in [0.15, 0.2) is 12.1 Å². The van der Waals surface area contributed by atoms with Gasteiger partial charge < -0.3 is 19.3 Å². The van der Waals surface area contributed by atoms with Gasteiger partial charge in [0.1, 0.15) is 51.0 Å². The number of allylic oxidation sites excluding steroid dienone is 4. The molecule has 0 aliphatic rings. The van der Waals surface area contributed by atoms with E-state index in [1.165, 1.54) is 12.4 Å². The molecule has 12 heteroatoms. The second-order valence-electron chi connectivity index (χ2n) is 9.49. The third-order valence-electron chi connectivity index (χ3n) is 5.73. The normalized spacial score (nSPS) is 11.5. The third-order valence-corrected chi connectivity index (χ3v) is 5.73. The van der Waals surface area contributed by atoms with Crippen molar-refractivity contribution < 1.29 is 39.3 Å². The van der Waals surface area contributed by atoms with Gasteiger partial charge in [-0.2, -0.15) is 0 Å². The Morgan fingerprint density at radius 2 is 1.57 bits per heavy atom. The van der Waals surface area contributed by atoms with Crippen LogP contribution >= 0.6 is 0 Å². The summed E-state index contributed by atoms with van der Waals surface area (Å²) in [5, 5.41) is 21.0. The van der Waals surface area contributed by atoms with Crippen LogP contribution in [0.2, 0.25) is 0 Å². The molecule has 1 atom stereocenters. The fourth-order valence-corrected chi connectivity index (χ4v) is 3.62. The second-order valence-corrected chi connectivity index (χ2v) is 9.49. The number of aliphatic hydroxyl groups is 1. The van der Waals surface area contributed by atoms with E-state index in [2.05, 4.69) is 50.8 Å². The molecular formula is C37H56N8O4+4. The number of nitrogens with two attached hydrogens (primary N) is 2. The number of amidine groups is 1. The first kappa shape index (κ1) is 43.8. The van der Waals surface area contributed by atoms with Gasteiger partial charge in [-0.25, -0.2) is 14.1 Å². The molecule has 2 aromatic heterocycles. The second kappa shape index (κ2) is 31.4. The zero-order valence-corrected chi connectivity index (χ0v) is 29.2. The van der Waals surface area contributed by atoms with Crippen molar-refractivity contribution in [1.29, 1.82) is 0 Å². The molecule has 0 aliphatic carbocycles. The summed E-state index contributed by atoms with van der Waals surface area (Å²) in [6, 6.07) is 3.72. The molecule has 49 heavy (non-hydrogen) atoms. The minimum Gasteiger partial charge on any atom is -0.499 e. The van der Waals surface area contributed by atoms with Crippen LogP contribution in [0.25, 0.3) is 0 Å². The Labute approximate surface area is 292 Å². The highest BCUT2D eigenvalue weighted by atomic mass is 16.5. The van der Waals surface area contributed by atoms with Crippen molar-refractivity contribution in [3.05, 3.63) is 124 Å². The van der Waals surface area contributed by atoms with Crippen LogP contribution < -0.4 is 20.0 Å². The Morgan fingerprint density at radius 3 is 2.20 bits per heavy atom. The lowest BCUT2D eigenvalue weighted by Gasteiger charge is -2.12. The summed E-state index contributed by atoms with van der Waals surface area (Å²) >= 11 is 0. The molecule has 0 spiro atoms. The molecule has 0 aromatic carbocycles. The van der Waals surface area contributed by atoms with Crippen LogP contribution in [-0.4, -0.2) is 71.8 Å². The molecule has 0 saturated heterocycles. The minimum atomic E-state index is -0.687.